The Morgan fingerprint density at radius 3 is 0.962 bits per heavy atom. The third-order valence-corrected chi connectivity index (χ3v) is 22.6. The maximum Gasteiger partial charge on any atom is 0.237 e. The summed E-state index contributed by atoms with van der Waals surface area (Å²) in [6.07, 6.45) is 36.2. The third kappa shape index (κ3) is 15.2. The summed E-state index contributed by atoms with van der Waals surface area (Å²) in [5.74, 6) is 1.25. The van der Waals surface area contributed by atoms with Crippen LogP contribution in [0.2, 0.25) is 0 Å². The van der Waals surface area contributed by atoms with Crippen molar-refractivity contribution in [3.8, 4) is 60.6 Å². The molecule has 0 aliphatic carbocycles. The zero-order valence-electron chi connectivity index (χ0n) is 46.7. The number of aryl methyl sites for hydroxylation is 4. The third-order valence-electron chi connectivity index (χ3n) is 15.1. The Bertz CT molecular complexity index is 3030. The van der Waals surface area contributed by atoms with E-state index in [1.807, 2.05) is 34.8 Å². The van der Waals surface area contributed by atoms with Gasteiger partial charge in [0.25, 0.3) is 0 Å². The molecular formula is C66H80N2O4S6. The second-order valence-corrected chi connectivity index (χ2v) is 27.8. The first kappa shape index (κ1) is 58.4. The van der Waals surface area contributed by atoms with Crippen molar-refractivity contribution in [2.75, 3.05) is 0 Å². The van der Waals surface area contributed by atoms with Crippen LogP contribution in [-0.4, -0.2) is 22.5 Å². The van der Waals surface area contributed by atoms with Gasteiger partial charge in [-0.1, -0.05) is 156 Å². The van der Waals surface area contributed by atoms with E-state index >= 15 is 0 Å². The SMILES string of the molecule is CCCCCCCCc1cc(C=O)sc1-c1ccc(-c2sc(-c3nc4cc5oc(-c6cc(CCCCCCCC)c(-c7ccc(-c8sc(C=O)cc8CCCCCCCC)s7)s6)nc5cc4o3)cc2CCCCCCCC)s1. The number of hydrogen-bond donors (Lipinski definition) is 0. The highest BCUT2D eigenvalue weighted by Gasteiger charge is 2.23. The van der Waals surface area contributed by atoms with E-state index in [-0.39, 0.29) is 0 Å². The molecule has 0 atom stereocenters. The van der Waals surface area contributed by atoms with Gasteiger partial charge in [0.2, 0.25) is 11.8 Å². The van der Waals surface area contributed by atoms with Gasteiger partial charge in [0.1, 0.15) is 11.0 Å². The lowest BCUT2D eigenvalue weighted by atomic mass is 10.0. The van der Waals surface area contributed by atoms with Gasteiger partial charge in [-0.15, -0.1) is 68.0 Å². The number of thiophene rings is 6. The maximum atomic E-state index is 12.0. The Balaban J connectivity index is 0.966. The molecule has 0 aliphatic rings. The van der Waals surface area contributed by atoms with Gasteiger partial charge < -0.3 is 8.83 Å². The summed E-state index contributed by atoms with van der Waals surface area (Å²) in [5, 5.41) is 0. The van der Waals surface area contributed by atoms with Crippen LogP contribution >= 0.6 is 68.0 Å². The minimum atomic E-state index is 0.627. The van der Waals surface area contributed by atoms with Crippen LogP contribution in [0.3, 0.4) is 0 Å². The van der Waals surface area contributed by atoms with E-state index in [1.165, 1.54) is 190 Å². The summed E-state index contributed by atoms with van der Waals surface area (Å²) in [6.45, 7) is 9.08. The number of fused-ring (bicyclic) bond motifs is 2. The van der Waals surface area contributed by atoms with Crippen LogP contribution in [0.25, 0.3) is 82.8 Å². The molecule has 0 aliphatic heterocycles. The van der Waals surface area contributed by atoms with E-state index in [2.05, 4.69) is 76.2 Å². The van der Waals surface area contributed by atoms with E-state index < -0.39 is 0 Å². The highest BCUT2D eigenvalue weighted by Crippen LogP contribution is 2.48. The lowest BCUT2D eigenvalue weighted by molar-refractivity contribution is 0.111. The first-order valence-electron chi connectivity index (χ1n) is 29.7. The van der Waals surface area contributed by atoms with Crippen LogP contribution in [0.1, 0.15) is 223 Å². The Morgan fingerprint density at radius 1 is 0.346 bits per heavy atom. The van der Waals surface area contributed by atoms with Crippen LogP contribution in [0, 0.1) is 0 Å². The molecule has 1 aromatic carbocycles. The smallest absolute Gasteiger partial charge is 0.237 e. The molecule has 12 heteroatoms. The van der Waals surface area contributed by atoms with Crippen molar-refractivity contribution >= 4 is 103 Å². The van der Waals surface area contributed by atoms with E-state index in [0.717, 1.165) is 94.5 Å². The van der Waals surface area contributed by atoms with Gasteiger partial charge in [-0.2, -0.15) is 0 Å². The standard InChI is InChI=1S/C66H80N2O4S6/c1-5-9-13-17-21-25-29-45-37-49(43-69)73-61(45)55-33-35-57(75-55)63-47(31-27-23-19-15-11-7-3)39-59(77-63)65-67-51-41-54-52(42-53(51)71-65)68-66(72-54)60-40-48(32-28-24-20-16-12-8-4)64(78-60)58-36-34-56(76-58)62-46(38-50(44-70)74-62)30-26-22-18-14-10-6-2/h33-44H,5-32H2,1-4H3. The van der Waals surface area contributed by atoms with Gasteiger partial charge in [-0.05, 0) is 122 Å². The summed E-state index contributed by atoms with van der Waals surface area (Å²) >= 11 is 10.5. The molecule has 0 spiro atoms. The van der Waals surface area contributed by atoms with Gasteiger partial charge in [0.05, 0.1) is 19.5 Å². The van der Waals surface area contributed by atoms with E-state index in [1.54, 1.807) is 45.3 Å². The number of oxazole rings is 2. The fraction of sp³-hybridized carbons (Fsp3) is 0.485. The van der Waals surface area contributed by atoms with Crippen molar-refractivity contribution in [1.82, 2.24) is 9.97 Å². The van der Waals surface area contributed by atoms with E-state index in [4.69, 9.17) is 18.8 Å². The van der Waals surface area contributed by atoms with E-state index in [0.29, 0.717) is 22.9 Å². The highest BCUT2D eigenvalue weighted by atomic mass is 32.1. The lowest BCUT2D eigenvalue weighted by Crippen LogP contribution is -1.86. The molecule has 0 bridgehead atoms. The predicted octanol–water partition coefficient (Wildman–Crippen LogP) is 23.6. The van der Waals surface area contributed by atoms with Crippen LogP contribution in [0.4, 0.5) is 0 Å². The zero-order chi connectivity index (χ0) is 54.1. The molecule has 0 unspecified atom stereocenters. The molecule has 0 fully saturated rings. The van der Waals surface area contributed by atoms with Gasteiger partial charge in [0.15, 0.2) is 23.7 Å². The number of carbonyl (C=O) groups is 2. The van der Waals surface area contributed by atoms with Crippen molar-refractivity contribution in [3.05, 3.63) is 92.7 Å². The molecule has 0 saturated heterocycles. The molecule has 8 heterocycles. The molecule has 8 aromatic heterocycles. The first-order valence-corrected chi connectivity index (χ1v) is 34.6. The topological polar surface area (TPSA) is 86.2 Å². The molecule has 78 heavy (non-hydrogen) atoms. The zero-order valence-corrected chi connectivity index (χ0v) is 51.6. The number of aromatic nitrogens is 2. The molecule has 0 amide bonds. The average molecular weight is 1160 g/mol. The van der Waals surface area contributed by atoms with Crippen LogP contribution in [0.5, 0.6) is 0 Å². The summed E-state index contributed by atoms with van der Waals surface area (Å²) in [7, 11) is 0. The second kappa shape index (κ2) is 30.0. The van der Waals surface area contributed by atoms with Crippen molar-refractivity contribution < 1.29 is 18.4 Å². The highest BCUT2D eigenvalue weighted by molar-refractivity contribution is 7.28. The summed E-state index contributed by atoms with van der Waals surface area (Å²) in [4.78, 5) is 48.1. The van der Waals surface area contributed by atoms with Gasteiger partial charge in [0, 0.05) is 51.1 Å². The maximum absolute atomic E-state index is 12.0. The van der Waals surface area contributed by atoms with Gasteiger partial charge in [-0.3, -0.25) is 9.59 Å². The number of carbonyl (C=O) groups excluding carboxylic acids is 2. The Labute approximate surface area is 488 Å². The number of nitrogens with zero attached hydrogens (tertiary/aromatic N) is 2. The molecule has 0 N–H and O–H groups in total. The second-order valence-electron chi connectivity index (χ2n) is 21.4. The Morgan fingerprint density at radius 2 is 0.641 bits per heavy atom. The molecule has 6 nitrogen and oxygen atoms in total. The minimum absolute atomic E-state index is 0.627. The van der Waals surface area contributed by atoms with Crippen molar-refractivity contribution in [3.63, 3.8) is 0 Å². The minimum Gasteiger partial charge on any atom is -0.435 e. The summed E-state index contributed by atoms with van der Waals surface area (Å²) in [6, 6.07) is 22.0. The molecule has 9 rings (SSSR count). The number of hydrogen-bond acceptors (Lipinski definition) is 12. The van der Waals surface area contributed by atoms with E-state index in [9.17, 15) is 9.59 Å². The Hall–Kier alpha value is -4.30. The number of aldehydes is 2. The molecule has 414 valence electrons. The number of benzene rings is 1. The summed E-state index contributed by atoms with van der Waals surface area (Å²) in [5.41, 5.74) is 8.25. The molecular weight excluding hydrogens is 1080 g/mol. The van der Waals surface area contributed by atoms with Gasteiger partial charge >= 0.3 is 0 Å². The van der Waals surface area contributed by atoms with Crippen LogP contribution < -0.4 is 0 Å². The molecule has 0 radical (unpaired) electrons. The predicted molar refractivity (Wildman–Crippen MR) is 341 cm³/mol. The Kier molecular flexibility index (Phi) is 22.4. The summed E-state index contributed by atoms with van der Waals surface area (Å²) < 4.78 is 13.3. The number of rotatable bonds is 36. The van der Waals surface area contributed by atoms with Crippen LogP contribution in [-0.2, 0) is 25.7 Å². The quantitative estimate of drug-likeness (QED) is 0.0287. The largest absolute Gasteiger partial charge is 0.435 e. The fourth-order valence-corrected chi connectivity index (χ4v) is 17.7. The monoisotopic (exact) mass is 1160 g/mol. The lowest BCUT2D eigenvalue weighted by Gasteiger charge is -2.04. The van der Waals surface area contributed by atoms with Crippen molar-refractivity contribution in [2.45, 2.75) is 207 Å². The normalized spacial score (nSPS) is 11.8. The molecule has 9 aromatic rings. The molecule has 0 saturated carbocycles. The fourth-order valence-electron chi connectivity index (χ4n) is 10.8. The van der Waals surface area contributed by atoms with Crippen molar-refractivity contribution in [1.29, 1.82) is 0 Å². The van der Waals surface area contributed by atoms with Crippen molar-refractivity contribution in [2.24, 2.45) is 0 Å². The first-order chi connectivity index (χ1) is 38.4. The van der Waals surface area contributed by atoms with Gasteiger partial charge in [-0.25, -0.2) is 9.97 Å². The van der Waals surface area contributed by atoms with Crippen LogP contribution in [0.15, 0.2) is 69.5 Å². The average Bonchev–Trinajstić information content (AvgIpc) is 4.33. The number of unbranched alkanes of at least 4 members (excludes halogenated alkanes) is 20.